The molecule has 1 nitrogen and oxygen atoms in total. The maximum absolute atomic E-state index is 3.65. The first kappa shape index (κ1) is 15.6. The van der Waals surface area contributed by atoms with Crippen molar-refractivity contribution in [2.75, 3.05) is 13.1 Å². The molecule has 0 spiro atoms. The monoisotopic (exact) mass is 273 g/mol. The second kappa shape index (κ2) is 7.83. The zero-order valence-electron chi connectivity index (χ0n) is 13.5. The summed E-state index contributed by atoms with van der Waals surface area (Å²) in [6.45, 7) is 9.20. The molecule has 0 saturated heterocycles. The van der Waals surface area contributed by atoms with Gasteiger partial charge in [0.25, 0.3) is 0 Å². The molecule has 1 aliphatic carbocycles. The molecule has 0 aliphatic heterocycles. The number of hydrogen-bond acceptors (Lipinski definition) is 1. The first-order valence-electron chi connectivity index (χ1n) is 8.48. The van der Waals surface area contributed by atoms with Gasteiger partial charge in [0.15, 0.2) is 0 Å². The second-order valence-corrected chi connectivity index (χ2v) is 6.58. The highest BCUT2D eigenvalue weighted by Crippen LogP contribution is 2.33. The predicted molar refractivity (Wildman–Crippen MR) is 88.2 cm³/mol. The van der Waals surface area contributed by atoms with Gasteiger partial charge in [-0.15, -0.1) is 0 Å². The zero-order valence-corrected chi connectivity index (χ0v) is 13.5. The maximum atomic E-state index is 3.65. The van der Waals surface area contributed by atoms with E-state index in [-0.39, 0.29) is 0 Å². The van der Waals surface area contributed by atoms with Crippen molar-refractivity contribution in [3.8, 4) is 0 Å². The Balaban J connectivity index is 2.01. The molecule has 1 N–H and O–H groups in total. The molecule has 1 aliphatic rings. The minimum absolute atomic E-state index is 0.882. The van der Waals surface area contributed by atoms with Crippen LogP contribution in [0.3, 0.4) is 0 Å². The summed E-state index contributed by atoms with van der Waals surface area (Å²) in [5, 5.41) is 3.65. The van der Waals surface area contributed by atoms with Crippen LogP contribution in [0.2, 0.25) is 0 Å². The van der Waals surface area contributed by atoms with Gasteiger partial charge in [-0.05, 0) is 81.1 Å². The highest BCUT2D eigenvalue weighted by atomic mass is 14.9. The van der Waals surface area contributed by atoms with Crippen molar-refractivity contribution >= 4 is 0 Å². The average Bonchev–Trinajstić information content (AvgIpc) is 2.45. The fourth-order valence-corrected chi connectivity index (χ4v) is 3.72. The van der Waals surface area contributed by atoms with Crippen LogP contribution in [0.4, 0.5) is 0 Å². The molecule has 2 rings (SSSR count). The van der Waals surface area contributed by atoms with E-state index in [2.05, 4.69) is 44.3 Å². The van der Waals surface area contributed by atoms with E-state index in [1.165, 1.54) is 62.7 Å². The van der Waals surface area contributed by atoms with Gasteiger partial charge in [0, 0.05) is 0 Å². The molecule has 2 unspecified atom stereocenters. The van der Waals surface area contributed by atoms with Gasteiger partial charge in [0.2, 0.25) is 0 Å². The molecule has 1 saturated carbocycles. The first-order valence-corrected chi connectivity index (χ1v) is 8.48. The van der Waals surface area contributed by atoms with Gasteiger partial charge >= 0.3 is 0 Å². The van der Waals surface area contributed by atoms with Gasteiger partial charge < -0.3 is 5.32 Å². The normalized spacial score (nSPS) is 22.9. The summed E-state index contributed by atoms with van der Waals surface area (Å²) in [4.78, 5) is 0. The van der Waals surface area contributed by atoms with Gasteiger partial charge in [0.05, 0.1) is 0 Å². The van der Waals surface area contributed by atoms with Crippen molar-refractivity contribution in [1.82, 2.24) is 5.32 Å². The van der Waals surface area contributed by atoms with E-state index in [1.807, 2.05) is 0 Å². The Labute approximate surface area is 125 Å². The lowest BCUT2D eigenvalue weighted by atomic mass is 9.75. The third-order valence-electron chi connectivity index (χ3n) is 5.01. The van der Waals surface area contributed by atoms with E-state index in [1.54, 1.807) is 5.56 Å². The quantitative estimate of drug-likeness (QED) is 0.744. The fraction of sp³-hybridized carbons (Fsp3) is 0.684. The number of nitrogens with one attached hydrogen (secondary N) is 1. The Hall–Kier alpha value is -0.820. The molecule has 20 heavy (non-hydrogen) atoms. The molecule has 0 heterocycles. The van der Waals surface area contributed by atoms with Gasteiger partial charge in [0.1, 0.15) is 0 Å². The summed E-state index contributed by atoms with van der Waals surface area (Å²) in [5.74, 6) is 1.77. The minimum atomic E-state index is 0.882. The van der Waals surface area contributed by atoms with Crippen LogP contribution in [-0.4, -0.2) is 13.1 Å². The highest BCUT2D eigenvalue weighted by molar-refractivity contribution is 5.33. The Bertz CT molecular complexity index is 390. The van der Waals surface area contributed by atoms with E-state index in [0.29, 0.717) is 0 Å². The standard InChI is InChI=1S/C19H31N/c1-4-12-20-14-18-11-6-5-10-17(18)13-19-15(2)8-7-9-16(19)3/h7-9,17-18,20H,4-6,10-14H2,1-3H3. The summed E-state index contributed by atoms with van der Waals surface area (Å²) in [7, 11) is 0. The first-order chi connectivity index (χ1) is 9.72. The maximum Gasteiger partial charge on any atom is -0.00178 e. The summed E-state index contributed by atoms with van der Waals surface area (Å²) in [6, 6.07) is 6.74. The molecule has 1 aromatic carbocycles. The highest BCUT2D eigenvalue weighted by Gasteiger charge is 2.25. The zero-order chi connectivity index (χ0) is 14.4. The summed E-state index contributed by atoms with van der Waals surface area (Å²) in [6.07, 6.45) is 8.24. The topological polar surface area (TPSA) is 12.0 Å². The van der Waals surface area contributed by atoms with Crippen molar-refractivity contribution < 1.29 is 0 Å². The van der Waals surface area contributed by atoms with Crippen molar-refractivity contribution in [1.29, 1.82) is 0 Å². The van der Waals surface area contributed by atoms with E-state index < -0.39 is 0 Å². The lowest BCUT2D eigenvalue weighted by molar-refractivity contribution is 0.228. The summed E-state index contributed by atoms with van der Waals surface area (Å²) >= 11 is 0. The fourth-order valence-electron chi connectivity index (χ4n) is 3.72. The SMILES string of the molecule is CCCNCC1CCCCC1Cc1c(C)cccc1C. The van der Waals surface area contributed by atoms with Crippen LogP contribution in [0, 0.1) is 25.7 Å². The molecule has 2 atom stereocenters. The second-order valence-electron chi connectivity index (χ2n) is 6.58. The molecule has 1 fully saturated rings. The number of benzene rings is 1. The van der Waals surface area contributed by atoms with Crippen molar-refractivity contribution in [3.63, 3.8) is 0 Å². The summed E-state index contributed by atoms with van der Waals surface area (Å²) in [5.41, 5.74) is 4.58. The van der Waals surface area contributed by atoms with E-state index >= 15 is 0 Å². The minimum Gasteiger partial charge on any atom is -0.316 e. The van der Waals surface area contributed by atoms with Crippen molar-refractivity contribution in [3.05, 3.63) is 34.9 Å². The number of aryl methyl sites for hydroxylation is 2. The molecule has 0 radical (unpaired) electrons. The van der Waals surface area contributed by atoms with Crippen LogP contribution in [0.25, 0.3) is 0 Å². The molecule has 0 aromatic heterocycles. The molecule has 1 aromatic rings. The van der Waals surface area contributed by atoms with Crippen LogP contribution in [0.5, 0.6) is 0 Å². The van der Waals surface area contributed by atoms with Gasteiger partial charge in [-0.25, -0.2) is 0 Å². The smallest absolute Gasteiger partial charge is 0.00178 e. The molecular weight excluding hydrogens is 242 g/mol. The largest absolute Gasteiger partial charge is 0.316 e. The number of rotatable bonds is 6. The van der Waals surface area contributed by atoms with E-state index in [9.17, 15) is 0 Å². The van der Waals surface area contributed by atoms with Crippen molar-refractivity contribution in [2.24, 2.45) is 11.8 Å². The molecular formula is C19H31N. The van der Waals surface area contributed by atoms with E-state index in [4.69, 9.17) is 0 Å². The van der Waals surface area contributed by atoms with Gasteiger partial charge in [-0.2, -0.15) is 0 Å². The van der Waals surface area contributed by atoms with Crippen LogP contribution < -0.4 is 5.32 Å². The van der Waals surface area contributed by atoms with Crippen LogP contribution >= 0.6 is 0 Å². The van der Waals surface area contributed by atoms with Crippen LogP contribution in [-0.2, 0) is 6.42 Å². The molecule has 0 bridgehead atoms. The average molecular weight is 273 g/mol. The third-order valence-corrected chi connectivity index (χ3v) is 5.01. The van der Waals surface area contributed by atoms with E-state index in [0.717, 1.165) is 11.8 Å². The molecule has 0 amide bonds. The lowest BCUT2D eigenvalue weighted by Gasteiger charge is -2.32. The molecule has 112 valence electrons. The third kappa shape index (κ3) is 4.09. The summed E-state index contributed by atoms with van der Waals surface area (Å²) < 4.78 is 0. The molecule has 1 heteroatoms. The van der Waals surface area contributed by atoms with Crippen LogP contribution in [0.15, 0.2) is 18.2 Å². The Kier molecular flexibility index (Phi) is 6.09. The van der Waals surface area contributed by atoms with Gasteiger partial charge in [-0.1, -0.05) is 38.0 Å². The number of hydrogen-bond donors (Lipinski definition) is 1. The van der Waals surface area contributed by atoms with Gasteiger partial charge in [-0.3, -0.25) is 0 Å². The Morgan fingerprint density at radius 1 is 1.05 bits per heavy atom. The lowest BCUT2D eigenvalue weighted by Crippen LogP contribution is -2.32. The van der Waals surface area contributed by atoms with Crippen LogP contribution in [0.1, 0.15) is 55.7 Å². The Morgan fingerprint density at radius 3 is 2.35 bits per heavy atom. The van der Waals surface area contributed by atoms with Crippen molar-refractivity contribution in [2.45, 2.75) is 59.3 Å². The predicted octanol–water partition coefficient (Wildman–Crippen LogP) is 4.65. The Morgan fingerprint density at radius 2 is 1.70 bits per heavy atom.